The molecule has 1 N–H and O–H groups in total. The van der Waals surface area contributed by atoms with Crippen LogP contribution in [-0.4, -0.2) is 41.5 Å². The third-order valence-electron chi connectivity index (χ3n) is 6.71. The van der Waals surface area contributed by atoms with Crippen molar-refractivity contribution in [3.05, 3.63) is 24.0 Å². The normalized spacial score (nSPS) is 33.2. The topological polar surface area (TPSA) is 81.7 Å². The Bertz CT molecular complexity index is 715. The first-order chi connectivity index (χ1) is 12.2. The van der Waals surface area contributed by atoms with Gasteiger partial charge < -0.3 is 9.67 Å². The van der Waals surface area contributed by atoms with E-state index in [9.17, 15) is 0 Å². The molecular formula is C18H26N6O. The van der Waals surface area contributed by atoms with Gasteiger partial charge in [0.25, 0.3) is 0 Å². The quantitative estimate of drug-likeness (QED) is 0.863. The zero-order valence-electron chi connectivity index (χ0n) is 14.6. The second kappa shape index (κ2) is 5.90. The Morgan fingerprint density at radius 1 is 1.08 bits per heavy atom. The molecule has 2 aromatic heterocycles. The van der Waals surface area contributed by atoms with E-state index in [1.54, 1.807) is 4.68 Å². The predicted molar refractivity (Wildman–Crippen MR) is 90.5 cm³/mol. The van der Waals surface area contributed by atoms with Crippen molar-refractivity contribution >= 4 is 0 Å². The van der Waals surface area contributed by atoms with Gasteiger partial charge in [0.1, 0.15) is 12.4 Å². The summed E-state index contributed by atoms with van der Waals surface area (Å²) in [6.07, 6.45) is 13.1. The highest BCUT2D eigenvalue weighted by molar-refractivity contribution is 5.04. The minimum absolute atomic E-state index is 0.0576. The molecule has 2 heterocycles. The molecule has 4 bridgehead atoms. The molecule has 134 valence electrons. The molecule has 4 fully saturated rings. The number of nitrogens with zero attached hydrogens (tertiary/aromatic N) is 6. The van der Waals surface area contributed by atoms with Gasteiger partial charge in [-0.3, -0.25) is 0 Å². The maximum atomic E-state index is 9.16. The predicted octanol–water partition coefficient (Wildman–Crippen LogP) is 1.67. The van der Waals surface area contributed by atoms with E-state index in [1.165, 1.54) is 38.5 Å². The highest BCUT2D eigenvalue weighted by atomic mass is 16.3. The highest BCUT2D eigenvalue weighted by Gasteiger charge is 2.50. The van der Waals surface area contributed by atoms with E-state index in [2.05, 4.69) is 31.3 Å². The first-order valence-electron chi connectivity index (χ1n) is 9.59. The lowest BCUT2D eigenvalue weighted by atomic mass is 9.49. The molecule has 0 aliphatic heterocycles. The lowest BCUT2D eigenvalue weighted by Crippen LogP contribution is -2.48. The number of rotatable bonds is 6. The molecule has 0 spiro atoms. The van der Waals surface area contributed by atoms with E-state index in [4.69, 9.17) is 5.11 Å². The maximum absolute atomic E-state index is 9.16. The minimum atomic E-state index is 0.0576. The van der Waals surface area contributed by atoms with Crippen molar-refractivity contribution in [3.8, 4) is 0 Å². The molecule has 6 rings (SSSR count). The van der Waals surface area contributed by atoms with Crippen LogP contribution in [0.4, 0.5) is 0 Å². The second-order valence-electron chi connectivity index (χ2n) is 8.62. The summed E-state index contributed by atoms with van der Waals surface area (Å²) in [5.41, 5.74) is 0.485. The molecule has 4 aliphatic rings. The van der Waals surface area contributed by atoms with Crippen LogP contribution in [0.1, 0.15) is 50.2 Å². The number of hydrogen-bond acceptors (Lipinski definition) is 5. The van der Waals surface area contributed by atoms with E-state index >= 15 is 0 Å². The monoisotopic (exact) mass is 342 g/mol. The summed E-state index contributed by atoms with van der Waals surface area (Å²) in [7, 11) is 0. The summed E-state index contributed by atoms with van der Waals surface area (Å²) < 4.78 is 4.09. The van der Waals surface area contributed by atoms with Crippen LogP contribution in [0.5, 0.6) is 0 Å². The van der Waals surface area contributed by atoms with Crippen LogP contribution >= 0.6 is 0 Å². The molecule has 0 unspecified atom stereocenters. The van der Waals surface area contributed by atoms with E-state index in [0.29, 0.717) is 24.2 Å². The average Bonchev–Trinajstić information content (AvgIpc) is 3.17. The van der Waals surface area contributed by atoms with E-state index in [0.717, 1.165) is 30.1 Å². The van der Waals surface area contributed by atoms with E-state index in [-0.39, 0.29) is 6.61 Å². The van der Waals surface area contributed by atoms with E-state index in [1.807, 2.05) is 6.20 Å². The molecule has 0 radical (unpaired) electrons. The fourth-order valence-electron chi connectivity index (χ4n) is 6.24. The molecule has 7 heteroatoms. The third kappa shape index (κ3) is 2.78. The molecule has 0 saturated heterocycles. The molecule has 0 aromatic carbocycles. The molecule has 0 amide bonds. The van der Waals surface area contributed by atoms with Crippen molar-refractivity contribution < 1.29 is 5.11 Å². The van der Waals surface area contributed by atoms with Gasteiger partial charge >= 0.3 is 0 Å². The number of aliphatic hydroxyl groups is 1. The number of imidazole rings is 1. The number of aliphatic hydroxyl groups excluding tert-OH is 1. The Hall–Kier alpha value is -1.76. The van der Waals surface area contributed by atoms with Gasteiger partial charge in [-0.25, -0.2) is 9.67 Å². The summed E-state index contributed by atoms with van der Waals surface area (Å²) in [4.78, 5) is 4.57. The van der Waals surface area contributed by atoms with Gasteiger partial charge in [-0.2, -0.15) is 0 Å². The Morgan fingerprint density at radius 2 is 1.80 bits per heavy atom. The lowest BCUT2D eigenvalue weighted by Gasteiger charge is -2.57. The smallest absolute Gasteiger partial charge is 0.154 e. The summed E-state index contributed by atoms with van der Waals surface area (Å²) in [6.45, 7) is 1.72. The molecule has 4 aliphatic carbocycles. The van der Waals surface area contributed by atoms with Crippen LogP contribution in [0.15, 0.2) is 12.4 Å². The molecule has 7 nitrogen and oxygen atoms in total. The standard InChI is InChI=1S/C18H26N6O/c25-4-1-16-20-21-22-24(16)11-17-19-2-3-23(17)12-18-8-13-5-14(9-18)7-15(6-13)10-18/h2-3,13-15,25H,1,4-12H2. The fraction of sp³-hybridized carbons (Fsp3) is 0.778. The van der Waals surface area contributed by atoms with Gasteiger partial charge in [-0.05, 0) is 72.1 Å². The van der Waals surface area contributed by atoms with Crippen molar-refractivity contribution in [2.75, 3.05) is 6.61 Å². The summed E-state index contributed by atoms with van der Waals surface area (Å²) in [5.74, 6) is 4.63. The van der Waals surface area contributed by atoms with Gasteiger partial charge in [0.05, 0.1) is 6.61 Å². The Labute approximate surface area is 147 Å². The number of aromatic nitrogens is 6. The van der Waals surface area contributed by atoms with Crippen LogP contribution in [0.25, 0.3) is 0 Å². The van der Waals surface area contributed by atoms with Crippen molar-refractivity contribution in [3.63, 3.8) is 0 Å². The van der Waals surface area contributed by atoms with Crippen molar-refractivity contribution in [2.24, 2.45) is 23.2 Å². The first kappa shape index (κ1) is 15.5. The van der Waals surface area contributed by atoms with Crippen LogP contribution in [0.3, 0.4) is 0 Å². The van der Waals surface area contributed by atoms with Crippen LogP contribution in [0, 0.1) is 23.2 Å². The van der Waals surface area contributed by atoms with Crippen molar-refractivity contribution in [1.29, 1.82) is 0 Å². The Kier molecular flexibility index (Phi) is 3.66. The maximum Gasteiger partial charge on any atom is 0.154 e. The Morgan fingerprint density at radius 3 is 2.48 bits per heavy atom. The molecule has 0 atom stereocenters. The highest BCUT2D eigenvalue weighted by Crippen LogP contribution is 2.60. The number of tetrazole rings is 1. The van der Waals surface area contributed by atoms with Crippen LogP contribution in [-0.2, 0) is 19.5 Å². The van der Waals surface area contributed by atoms with Gasteiger partial charge in [-0.1, -0.05) is 0 Å². The molecule has 4 saturated carbocycles. The lowest BCUT2D eigenvalue weighted by molar-refractivity contribution is -0.0622. The van der Waals surface area contributed by atoms with Crippen molar-refractivity contribution in [1.82, 2.24) is 29.8 Å². The van der Waals surface area contributed by atoms with Crippen molar-refractivity contribution in [2.45, 2.75) is 58.0 Å². The number of hydrogen-bond donors (Lipinski definition) is 1. The zero-order chi connectivity index (χ0) is 16.9. The van der Waals surface area contributed by atoms with Gasteiger partial charge in [0.2, 0.25) is 0 Å². The zero-order valence-corrected chi connectivity index (χ0v) is 14.6. The van der Waals surface area contributed by atoms with Gasteiger partial charge in [0.15, 0.2) is 5.82 Å². The third-order valence-corrected chi connectivity index (χ3v) is 6.71. The molecular weight excluding hydrogens is 316 g/mol. The van der Waals surface area contributed by atoms with E-state index < -0.39 is 0 Å². The molecule has 25 heavy (non-hydrogen) atoms. The minimum Gasteiger partial charge on any atom is -0.396 e. The van der Waals surface area contributed by atoms with Crippen LogP contribution < -0.4 is 0 Å². The summed E-state index contributed by atoms with van der Waals surface area (Å²) >= 11 is 0. The average molecular weight is 342 g/mol. The second-order valence-corrected chi connectivity index (χ2v) is 8.62. The largest absolute Gasteiger partial charge is 0.396 e. The van der Waals surface area contributed by atoms with Crippen LogP contribution in [0.2, 0.25) is 0 Å². The fourth-order valence-corrected chi connectivity index (χ4v) is 6.24. The van der Waals surface area contributed by atoms with Gasteiger partial charge in [0, 0.05) is 25.4 Å². The SMILES string of the molecule is OCCc1nnnn1Cc1nccn1CC12CC3CC(CC(C3)C1)C2. The first-order valence-corrected chi connectivity index (χ1v) is 9.59. The van der Waals surface area contributed by atoms with Gasteiger partial charge in [-0.15, -0.1) is 5.10 Å². The summed E-state index contributed by atoms with van der Waals surface area (Å²) in [6, 6.07) is 0. The Balaban J connectivity index is 1.36. The molecule has 2 aromatic rings. The summed E-state index contributed by atoms with van der Waals surface area (Å²) in [5, 5.41) is 21.0.